The number of aromatic nitrogens is 6. The van der Waals surface area contributed by atoms with E-state index in [2.05, 4.69) is 25.4 Å². The van der Waals surface area contributed by atoms with Gasteiger partial charge in [0.1, 0.15) is 35.2 Å². The number of benzene rings is 2. The molecule has 5 aromatic rings. The van der Waals surface area contributed by atoms with Crippen molar-refractivity contribution in [1.29, 1.82) is 0 Å². The minimum atomic E-state index is -0.566. The average molecular weight is 472 g/mol. The molecule has 0 spiro atoms. The van der Waals surface area contributed by atoms with Crippen LogP contribution in [0.1, 0.15) is 31.0 Å². The molecular formula is C24H21FN8O2. The highest BCUT2D eigenvalue weighted by molar-refractivity contribution is 5.79. The third kappa shape index (κ3) is 3.97. The van der Waals surface area contributed by atoms with Gasteiger partial charge in [0.05, 0.1) is 22.6 Å². The van der Waals surface area contributed by atoms with Crippen LogP contribution in [-0.4, -0.2) is 29.7 Å². The van der Waals surface area contributed by atoms with Gasteiger partial charge in [0.2, 0.25) is 0 Å². The maximum absolute atomic E-state index is 14.9. The molecule has 0 bridgehead atoms. The molecular weight excluding hydrogens is 451 g/mol. The third-order valence-corrected chi connectivity index (χ3v) is 5.54. The summed E-state index contributed by atoms with van der Waals surface area (Å²) in [5, 5.41) is 7.48. The molecule has 0 aliphatic carbocycles. The van der Waals surface area contributed by atoms with Crippen LogP contribution < -0.4 is 16.6 Å². The monoisotopic (exact) mass is 472 g/mol. The highest BCUT2D eigenvalue weighted by Crippen LogP contribution is 2.32. The lowest BCUT2D eigenvalue weighted by atomic mass is 10.1. The van der Waals surface area contributed by atoms with Crippen molar-refractivity contribution in [2.45, 2.75) is 26.3 Å². The zero-order chi connectivity index (χ0) is 24.5. The molecule has 3 aromatic heterocycles. The first-order chi connectivity index (χ1) is 17.0. The van der Waals surface area contributed by atoms with Gasteiger partial charge in [-0.3, -0.25) is 9.36 Å². The summed E-state index contributed by atoms with van der Waals surface area (Å²) in [5.74, 6) is 0.790. The lowest BCUT2D eigenvalue weighted by Gasteiger charge is -2.23. The Morgan fingerprint density at radius 3 is 2.63 bits per heavy atom. The number of fused-ring (bicyclic) bond motifs is 1. The molecule has 3 heterocycles. The van der Waals surface area contributed by atoms with E-state index in [1.807, 2.05) is 6.92 Å². The van der Waals surface area contributed by atoms with Crippen LogP contribution in [0.15, 0.2) is 64.2 Å². The first kappa shape index (κ1) is 22.1. The van der Waals surface area contributed by atoms with Crippen LogP contribution in [0.3, 0.4) is 0 Å². The Morgan fingerprint density at radius 1 is 1.11 bits per heavy atom. The number of hydrogen-bond acceptors (Lipinski definition) is 9. The van der Waals surface area contributed by atoms with Crippen molar-refractivity contribution in [1.82, 2.24) is 29.7 Å². The minimum Gasteiger partial charge on any atom is -0.383 e. The van der Waals surface area contributed by atoms with E-state index >= 15 is 0 Å². The zero-order valence-electron chi connectivity index (χ0n) is 18.9. The molecule has 3 N–H and O–H groups in total. The van der Waals surface area contributed by atoms with Gasteiger partial charge < -0.3 is 15.6 Å². The van der Waals surface area contributed by atoms with Gasteiger partial charge in [0.25, 0.3) is 11.4 Å². The van der Waals surface area contributed by atoms with Gasteiger partial charge in [0, 0.05) is 0 Å². The van der Waals surface area contributed by atoms with Crippen molar-refractivity contribution in [2.75, 3.05) is 11.1 Å². The normalized spacial score (nSPS) is 12.1. The van der Waals surface area contributed by atoms with Crippen molar-refractivity contribution < 1.29 is 8.91 Å². The summed E-state index contributed by atoms with van der Waals surface area (Å²) in [6.07, 6.45) is 1.78. The number of rotatable bonds is 6. The summed E-state index contributed by atoms with van der Waals surface area (Å²) in [6.45, 7) is 3.59. The number of nitrogen functional groups attached to an aromatic ring is 1. The maximum Gasteiger partial charge on any atom is 0.266 e. The van der Waals surface area contributed by atoms with Crippen LogP contribution in [0.25, 0.3) is 28.0 Å². The number of nitrogens with zero attached hydrogens (tertiary/aromatic N) is 6. The van der Waals surface area contributed by atoms with Crippen LogP contribution in [0.4, 0.5) is 16.0 Å². The summed E-state index contributed by atoms with van der Waals surface area (Å²) in [5.41, 5.74) is 6.65. The quantitative estimate of drug-likeness (QED) is 0.378. The number of hydrogen-bond donors (Lipinski definition) is 2. The van der Waals surface area contributed by atoms with Gasteiger partial charge in [-0.25, -0.2) is 19.3 Å². The molecule has 10 nitrogen and oxygen atoms in total. The highest BCUT2D eigenvalue weighted by Gasteiger charge is 2.25. The summed E-state index contributed by atoms with van der Waals surface area (Å²) in [7, 11) is 0. The van der Waals surface area contributed by atoms with Crippen LogP contribution >= 0.6 is 0 Å². The largest absolute Gasteiger partial charge is 0.383 e. The van der Waals surface area contributed by atoms with Crippen LogP contribution in [0.5, 0.6) is 0 Å². The molecule has 0 saturated heterocycles. The lowest BCUT2D eigenvalue weighted by Crippen LogP contribution is -2.29. The molecule has 1 unspecified atom stereocenters. The molecule has 0 aliphatic heterocycles. The molecule has 0 saturated carbocycles. The van der Waals surface area contributed by atoms with E-state index in [1.54, 1.807) is 49.4 Å². The smallest absolute Gasteiger partial charge is 0.266 e. The number of halogens is 1. The second-order valence-electron chi connectivity index (χ2n) is 7.81. The molecule has 0 aliphatic rings. The Bertz CT molecular complexity index is 1600. The van der Waals surface area contributed by atoms with Gasteiger partial charge in [-0.15, -0.1) is 0 Å². The average Bonchev–Trinajstić information content (AvgIpc) is 3.29. The van der Waals surface area contributed by atoms with E-state index in [-0.39, 0.29) is 23.0 Å². The number of nitrogens with one attached hydrogen (secondary N) is 1. The highest BCUT2D eigenvalue weighted by atomic mass is 19.1. The number of nitrogens with two attached hydrogens (primary N) is 1. The second-order valence-corrected chi connectivity index (χ2v) is 7.81. The summed E-state index contributed by atoms with van der Waals surface area (Å²) in [6, 6.07) is 12.5. The lowest BCUT2D eigenvalue weighted by molar-refractivity contribution is 0.425. The molecule has 2 aromatic carbocycles. The minimum absolute atomic E-state index is 0.0981. The standard InChI is InChI=1S/C24H21FN8O2/c1-3-16(30-21-19(20(26)27-12-28-21)23-29-13(2)32-35-23)22-31-17-10-6-4-8-14(17)24(34)33(22)18-11-7-5-9-15(18)25/h4-12,16H,3H2,1-2H3,(H3,26,27,28,30). The molecule has 35 heavy (non-hydrogen) atoms. The van der Waals surface area contributed by atoms with Gasteiger partial charge in [-0.05, 0) is 37.6 Å². The fourth-order valence-corrected chi connectivity index (χ4v) is 3.88. The van der Waals surface area contributed by atoms with E-state index in [1.165, 1.54) is 17.0 Å². The third-order valence-electron chi connectivity index (χ3n) is 5.54. The maximum atomic E-state index is 14.9. The number of anilines is 2. The number of para-hydroxylation sites is 2. The first-order valence-corrected chi connectivity index (χ1v) is 10.9. The van der Waals surface area contributed by atoms with Gasteiger partial charge in [-0.2, -0.15) is 4.98 Å². The van der Waals surface area contributed by atoms with Gasteiger partial charge >= 0.3 is 0 Å². The second kappa shape index (κ2) is 8.93. The van der Waals surface area contributed by atoms with E-state index in [0.717, 1.165) is 0 Å². The van der Waals surface area contributed by atoms with Crippen LogP contribution in [-0.2, 0) is 0 Å². The molecule has 5 rings (SSSR count). The molecule has 11 heteroatoms. The predicted octanol–water partition coefficient (Wildman–Crippen LogP) is 3.82. The zero-order valence-corrected chi connectivity index (χ0v) is 18.9. The van der Waals surface area contributed by atoms with E-state index in [9.17, 15) is 9.18 Å². The van der Waals surface area contributed by atoms with Crippen molar-refractivity contribution in [2.24, 2.45) is 0 Å². The van der Waals surface area contributed by atoms with Crippen molar-refractivity contribution in [3.8, 4) is 17.1 Å². The number of aryl methyl sites for hydroxylation is 1. The summed E-state index contributed by atoms with van der Waals surface area (Å²) < 4.78 is 21.5. The summed E-state index contributed by atoms with van der Waals surface area (Å²) >= 11 is 0. The molecule has 0 radical (unpaired) electrons. The summed E-state index contributed by atoms with van der Waals surface area (Å²) in [4.78, 5) is 30.9. The Morgan fingerprint density at radius 2 is 1.89 bits per heavy atom. The Labute approximate surface area is 198 Å². The van der Waals surface area contributed by atoms with Gasteiger partial charge in [-0.1, -0.05) is 36.3 Å². The van der Waals surface area contributed by atoms with E-state index < -0.39 is 11.9 Å². The van der Waals surface area contributed by atoms with Crippen LogP contribution in [0, 0.1) is 12.7 Å². The fourth-order valence-electron chi connectivity index (χ4n) is 3.88. The molecule has 0 amide bonds. The van der Waals surface area contributed by atoms with E-state index in [0.29, 0.717) is 40.4 Å². The predicted molar refractivity (Wildman–Crippen MR) is 128 cm³/mol. The molecule has 176 valence electrons. The topological polar surface area (TPSA) is 138 Å². The van der Waals surface area contributed by atoms with Crippen molar-refractivity contribution in [3.05, 3.63) is 82.7 Å². The fraction of sp³-hybridized carbons (Fsp3) is 0.167. The van der Waals surface area contributed by atoms with Crippen LogP contribution in [0.2, 0.25) is 0 Å². The Hall–Kier alpha value is -4.67. The van der Waals surface area contributed by atoms with Gasteiger partial charge in [0.15, 0.2) is 5.82 Å². The Kier molecular flexibility index (Phi) is 5.65. The van der Waals surface area contributed by atoms with Crippen molar-refractivity contribution in [3.63, 3.8) is 0 Å². The molecule has 0 fully saturated rings. The Balaban J connectivity index is 1.71. The first-order valence-electron chi connectivity index (χ1n) is 10.9. The van der Waals surface area contributed by atoms with E-state index in [4.69, 9.17) is 15.2 Å². The SMILES string of the molecule is CCC(Nc1ncnc(N)c1-c1nc(C)no1)c1nc2ccccc2c(=O)n1-c1ccccc1F. The van der Waals surface area contributed by atoms with Crippen molar-refractivity contribution >= 4 is 22.5 Å². The molecule has 1 atom stereocenters.